The topological polar surface area (TPSA) is 68.4 Å². The summed E-state index contributed by atoms with van der Waals surface area (Å²) in [5.41, 5.74) is 1.58. The first-order chi connectivity index (χ1) is 12.1. The highest BCUT2D eigenvalue weighted by Crippen LogP contribution is 2.28. The number of aromatic nitrogens is 1. The molecule has 6 heteroatoms. The number of nitrogens with one attached hydrogen (secondary N) is 1. The quantitative estimate of drug-likeness (QED) is 0.491. The zero-order valence-electron chi connectivity index (χ0n) is 13.5. The fraction of sp³-hybridized carbons (Fsp3) is 0.158. The Hall–Kier alpha value is -2.60. The standard InChI is InChI=1S/C19H16BrNO4/c1-2-24-13-9-7-12(8-10-13)16(22)11-25-19(23)18-17(20)14-5-3-4-6-15(14)21-18/h3-10,21H,2,11H2,1H3. The lowest BCUT2D eigenvalue weighted by Crippen LogP contribution is -2.14. The van der Waals surface area contributed by atoms with Crippen LogP contribution in [0.15, 0.2) is 53.0 Å². The van der Waals surface area contributed by atoms with Crippen LogP contribution >= 0.6 is 15.9 Å². The van der Waals surface area contributed by atoms with Crippen LogP contribution < -0.4 is 4.74 Å². The molecule has 0 aliphatic heterocycles. The summed E-state index contributed by atoms with van der Waals surface area (Å²) < 4.78 is 11.1. The molecule has 0 amide bonds. The molecule has 0 fully saturated rings. The zero-order chi connectivity index (χ0) is 17.8. The van der Waals surface area contributed by atoms with Crippen molar-refractivity contribution in [3.63, 3.8) is 0 Å². The second-order valence-corrected chi connectivity index (χ2v) is 6.11. The van der Waals surface area contributed by atoms with E-state index in [9.17, 15) is 9.59 Å². The van der Waals surface area contributed by atoms with Gasteiger partial charge in [-0.05, 0) is 53.2 Å². The molecule has 0 atom stereocenters. The highest BCUT2D eigenvalue weighted by atomic mass is 79.9. The molecule has 0 aliphatic rings. The van der Waals surface area contributed by atoms with Gasteiger partial charge in [0.2, 0.25) is 0 Å². The number of ether oxygens (including phenoxy) is 2. The van der Waals surface area contributed by atoms with Gasteiger partial charge in [0, 0.05) is 16.5 Å². The monoisotopic (exact) mass is 401 g/mol. The lowest BCUT2D eigenvalue weighted by molar-refractivity contribution is 0.0469. The Kier molecular flexibility index (Phi) is 5.19. The fourth-order valence-electron chi connectivity index (χ4n) is 2.44. The second-order valence-electron chi connectivity index (χ2n) is 5.32. The van der Waals surface area contributed by atoms with E-state index in [1.165, 1.54) is 0 Å². The van der Waals surface area contributed by atoms with Crippen molar-refractivity contribution in [1.29, 1.82) is 0 Å². The molecule has 0 radical (unpaired) electrons. The largest absolute Gasteiger partial charge is 0.494 e. The van der Waals surface area contributed by atoms with Crippen LogP contribution in [0.5, 0.6) is 5.75 Å². The number of para-hydroxylation sites is 1. The first kappa shape index (κ1) is 17.2. The molecular formula is C19H16BrNO4. The minimum Gasteiger partial charge on any atom is -0.494 e. The van der Waals surface area contributed by atoms with Crippen LogP contribution in [0, 0.1) is 0 Å². The lowest BCUT2D eigenvalue weighted by Gasteiger charge is -2.05. The second kappa shape index (κ2) is 7.53. The van der Waals surface area contributed by atoms with Crippen molar-refractivity contribution in [2.75, 3.05) is 13.2 Å². The number of carbonyl (C=O) groups is 2. The molecule has 0 saturated heterocycles. The van der Waals surface area contributed by atoms with E-state index in [2.05, 4.69) is 20.9 Å². The van der Waals surface area contributed by atoms with Crippen LogP contribution in [0.1, 0.15) is 27.8 Å². The number of fused-ring (bicyclic) bond motifs is 1. The number of halogens is 1. The number of ketones is 1. The number of carbonyl (C=O) groups excluding carboxylic acids is 2. The summed E-state index contributed by atoms with van der Waals surface area (Å²) in [6, 6.07) is 14.2. The summed E-state index contributed by atoms with van der Waals surface area (Å²) in [6.07, 6.45) is 0. The molecule has 3 rings (SSSR count). The SMILES string of the molecule is CCOc1ccc(C(=O)COC(=O)c2[nH]c3ccccc3c2Br)cc1. The molecule has 3 aromatic rings. The number of hydrogen-bond donors (Lipinski definition) is 1. The normalized spacial score (nSPS) is 10.6. The Labute approximate surface area is 153 Å². The van der Waals surface area contributed by atoms with Crippen molar-refractivity contribution in [2.24, 2.45) is 0 Å². The average molecular weight is 402 g/mol. The summed E-state index contributed by atoms with van der Waals surface area (Å²) in [4.78, 5) is 27.4. The molecule has 1 aromatic heterocycles. The van der Waals surface area contributed by atoms with Crippen molar-refractivity contribution >= 4 is 38.6 Å². The fourth-order valence-corrected chi connectivity index (χ4v) is 3.05. The number of esters is 1. The van der Waals surface area contributed by atoms with Gasteiger partial charge in [-0.25, -0.2) is 4.79 Å². The Bertz CT molecular complexity index is 915. The highest BCUT2D eigenvalue weighted by molar-refractivity contribution is 9.10. The van der Waals surface area contributed by atoms with Crippen LogP contribution in [-0.2, 0) is 4.74 Å². The van der Waals surface area contributed by atoms with Crippen molar-refractivity contribution < 1.29 is 19.1 Å². The predicted octanol–water partition coefficient (Wildman–Crippen LogP) is 4.37. The third kappa shape index (κ3) is 3.74. The molecule has 1 N–H and O–H groups in total. The van der Waals surface area contributed by atoms with E-state index in [0.29, 0.717) is 28.1 Å². The molecule has 0 saturated carbocycles. The van der Waals surface area contributed by atoms with Gasteiger partial charge in [0.1, 0.15) is 11.4 Å². The van der Waals surface area contributed by atoms with Crippen LogP contribution in [-0.4, -0.2) is 30.0 Å². The van der Waals surface area contributed by atoms with Crippen molar-refractivity contribution in [3.05, 3.63) is 64.3 Å². The third-order valence-electron chi connectivity index (χ3n) is 3.67. The number of hydrogen-bond acceptors (Lipinski definition) is 4. The van der Waals surface area contributed by atoms with Gasteiger partial charge in [-0.3, -0.25) is 4.79 Å². The number of Topliss-reactive ketones (excluding diaryl/α,β-unsaturated/α-hetero) is 1. The zero-order valence-corrected chi connectivity index (χ0v) is 15.1. The van der Waals surface area contributed by atoms with Crippen LogP contribution in [0.3, 0.4) is 0 Å². The van der Waals surface area contributed by atoms with E-state index in [1.54, 1.807) is 24.3 Å². The van der Waals surface area contributed by atoms with E-state index >= 15 is 0 Å². The minimum atomic E-state index is -0.581. The Balaban J connectivity index is 1.66. The third-order valence-corrected chi connectivity index (χ3v) is 4.49. The molecule has 25 heavy (non-hydrogen) atoms. The molecular weight excluding hydrogens is 386 g/mol. The van der Waals surface area contributed by atoms with Crippen LogP contribution in [0.2, 0.25) is 0 Å². The first-order valence-electron chi connectivity index (χ1n) is 7.79. The maximum atomic E-state index is 12.3. The minimum absolute atomic E-state index is 0.274. The molecule has 5 nitrogen and oxygen atoms in total. The number of rotatable bonds is 6. The van der Waals surface area contributed by atoms with Gasteiger partial charge in [-0.15, -0.1) is 0 Å². The summed E-state index contributed by atoms with van der Waals surface area (Å²) in [6.45, 7) is 2.12. The first-order valence-corrected chi connectivity index (χ1v) is 8.59. The highest BCUT2D eigenvalue weighted by Gasteiger charge is 2.18. The van der Waals surface area contributed by atoms with E-state index in [4.69, 9.17) is 9.47 Å². The molecule has 0 unspecified atom stereocenters. The van der Waals surface area contributed by atoms with Gasteiger partial charge >= 0.3 is 5.97 Å². The number of benzene rings is 2. The maximum Gasteiger partial charge on any atom is 0.356 e. The molecule has 0 aliphatic carbocycles. The van der Waals surface area contributed by atoms with Gasteiger partial charge < -0.3 is 14.5 Å². The van der Waals surface area contributed by atoms with Crippen molar-refractivity contribution in [3.8, 4) is 5.75 Å². The lowest BCUT2D eigenvalue weighted by atomic mass is 10.1. The van der Waals surface area contributed by atoms with Gasteiger partial charge in [-0.1, -0.05) is 18.2 Å². The molecule has 128 valence electrons. The maximum absolute atomic E-state index is 12.3. The van der Waals surface area contributed by atoms with Crippen molar-refractivity contribution in [1.82, 2.24) is 4.98 Å². The summed E-state index contributed by atoms with van der Waals surface area (Å²) >= 11 is 3.40. The van der Waals surface area contributed by atoms with E-state index in [0.717, 1.165) is 10.9 Å². The van der Waals surface area contributed by atoms with Crippen LogP contribution in [0.4, 0.5) is 0 Å². The smallest absolute Gasteiger partial charge is 0.356 e. The molecule has 0 spiro atoms. The summed E-state index contributed by atoms with van der Waals surface area (Å²) in [5.74, 6) is -0.163. The average Bonchev–Trinajstić information content (AvgIpc) is 2.97. The molecule has 1 heterocycles. The van der Waals surface area contributed by atoms with E-state index in [-0.39, 0.29) is 12.4 Å². The molecule has 2 aromatic carbocycles. The van der Waals surface area contributed by atoms with E-state index < -0.39 is 5.97 Å². The Morgan fingerprint density at radius 1 is 1.08 bits per heavy atom. The Morgan fingerprint density at radius 2 is 1.80 bits per heavy atom. The summed E-state index contributed by atoms with van der Waals surface area (Å²) in [7, 11) is 0. The van der Waals surface area contributed by atoms with Crippen LogP contribution in [0.25, 0.3) is 10.9 Å². The van der Waals surface area contributed by atoms with E-state index in [1.807, 2.05) is 31.2 Å². The number of aromatic amines is 1. The predicted molar refractivity (Wildman–Crippen MR) is 98.2 cm³/mol. The number of H-pyrrole nitrogens is 1. The van der Waals surface area contributed by atoms with Gasteiger partial charge in [0.15, 0.2) is 12.4 Å². The van der Waals surface area contributed by atoms with Gasteiger partial charge in [-0.2, -0.15) is 0 Å². The molecule has 0 bridgehead atoms. The van der Waals surface area contributed by atoms with Crippen molar-refractivity contribution in [2.45, 2.75) is 6.92 Å². The summed E-state index contributed by atoms with van der Waals surface area (Å²) in [5, 5.41) is 0.882. The van der Waals surface area contributed by atoms with Gasteiger partial charge in [0.05, 0.1) is 11.1 Å². The Morgan fingerprint density at radius 3 is 2.48 bits per heavy atom. The van der Waals surface area contributed by atoms with Gasteiger partial charge in [0.25, 0.3) is 0 Å².